The maximum atomic E-state index is 12.4. The normalized spacial score (nSPS) is 20.1. The van der Waals surface area contributed by atoms with Gasteiger partial charge < -0.3 is 19.6 Å². The molecule has 178 valence electrons. The summed E-state index contributed by atoms with van der Waals surface area (Å²) < 4.78 is 11.4. The topological polar surface area (TPSA) is 75.1 Å². The van der Waals surface area contributed by atoms with Crippen LogP contribution in [0.3, 0.4) is 0 Å². The zero-order valence-electron chi connectivity index (χ0n) is 19.5. The van der Waals surface area contributed by atoms with Crippen LogP contribution >= 0.6 is 0 Å². The lowest BCUT2D eigenvalue weighted by Crippen LogP contribution is -2.36. The Morgan fingerprint density at radius 3 is 2.79 bits per heavy atom. The Morgan fingerprint density at radius 1 is 1.21 bits per heavy atom. The fourth-order valence-electron chi connectivity index (χ4n) is 4.55. The molecule has 2 aromatic rings. The van der Waals surface area contributed by atoms with Crippen LogP contribution in [0.2, 0.25) is 0 Å². The Balaban J connectivity index is 1.23. The first-order valence-corrected chi connectivity index (χ1v) is 12.1. The number of carbonyl (C=O) groups is 1. The van der Waals surface area contributed by atoms with Gasteiger partial charge in [0.15, 0.2) is 5.78 Å². The molecule has 2 saturated heterocycles. The molecule has 2 atom stereocenters. The van der Waals surface area contributed by atoms with Crippen molar-refractivity contribution in [3.8, 4) is 5.75 Å². The predicted molar refractivity (Wildman–Crippen MR) is 127 cm³/mol. The molecule has 1 aromatic heterocycles. The van der Waals surface area contributed by atoms with E-state index in [4.69, 9.17) is 9.47 Å². The summed E-state index contributed by atoms with van der Waals surface area (Å²) in [7, 11) is 0. The first-order chi connectivity index (χ1) is 16.1. The molecule has 4 rings (SSSR count). The van der Waals surface area contributed by atoms with Gasteiger partial charge in [-0.2, -0.15) is 5.06 Å². The summed E-state index contributed by atoms with van der Waals surface area (Å²) in [6, 6.07) is 12.0. The van der Waals surface area contributed by atoms with E-state index in [9.17, 15) is 10.0 Å². The average molecular weight is 454 g/mol. The summed E-state index contributed by atoms with van der Waals surface area (Å²) in [5, 5.41) is 11.0. The van der Waals surface area contributed by atoms with E-state index < -0.39 is 0 Å². The molecule has 2 aliphatic rings. The number of pyridine rings is 1. The molecular formula is C26H35N3O4. The molecule has 1 aromatic carbocycles. The van der Waals surface area contributed by atoms with Crippen molar-refractivity contribution in [2.45, 2.75) is 51.7 Å². The van der Waals surface area contributed by atoms with Crippen molar-refractivity contribution in [3.05, 3.63) is 53.7 Å². The van der Waals surface area contributed by atoms with Crippen LogP contribution in [0, 0.1) is 5.92 Å². The molecule has 2 unspecified atom stereocenters. The summed E-state index contributed by atoms with van der Waals surface area (Å²) in [4.78, 5) is 19.2. The highest BCUT2D eigenvalue weighted by atomic mass is 16.5. The average Bonchev–Trinajstić information content (AvgIpc) is 3.28. The number of nitrogens with zero attached hydrogens (tertiary/aromatic N) is 3. The van der Waals surface area contributed by atoms with Gasteiger partial charge in [0.05, 0.1) is 19.3 Å². The lowest BCUT2D eigenvalue weighted by Gasteiger charge is -2.27. The van der Waals surface area contributed by atoms with Gasteiger partial charge in [0.1, 0.15) is 18.2 Å². The Kier molecular flexibility index (Phi) is 8.31. The standard InChI is InChI=1S/C26H35N3O4/c1-20(7-9-25(30)24-6-3-11-29(24)31)16-21-4-2-5-23(17-21)33-19-22-8-10-26(27-18-22)28-12-14-32-15-13-28/h2,4-5,8,10,17-18,20,24,31H,3,6-7,9,11-16,19H2,1H3. The Bertz CT molecular complexity index is 899. The van der Waals surface area contributed by atoms with Crippen LogP contribution in [0.15, 0.2) is 42.6 Å². The van der Waals surface area contributed by atoms with E-state index in [-0.39, 0.29) is 11.8 Å². The van der Waals surface area contributed by atoms with Gasteiger partial charge >= 0.3 is 0 Å². The summed E-state index contributed by atoms with van der Waals surface area (Å²) in [6.07, 6.45) is 5.79. The van der Waals surface area contributed by atoms with E-state index in [0.29, 0.717) is 25.5 Å². The van der Waals surface area contributed by atoms with E-state index >= 15 is 0 Å². The van der Waals surface area contributed by atoms with E-state index in [1.54, 1.807) is 0 Å². The third-order valence-corrected chi connectivity index (χ3v) is 6.51. The Labute approximate surface area is 196 Å². The minimum absolute atomic E-state index is 0.159. The van der Waals surface area contributed by atoms with E-state index in [1.165, 1.54) is 10.6 Å². The van der Waals surface area contributed by atoms with Crippen LogP contribution in [0.25, 0.3) is 0 Å². The first kappa shape index (κ1) is 23.7. The molecule has 3 heterocycles. The van der Waals surface area contributed by atoms with Gasteiger partial charge in [0.25, 0.3) is 0 Å². The van der Waals surface area contributed by atoms with Gasteiger partial charge in [-0.15, -0.1) is 0 Å². The van der Waals surface area contributed by atoms with Crippen LogP contribution in [0.4, 0.5) is 5.82 Å². The van der Waals surface area contributed by atoms with Crippen molar-refractivity contribution < 1.29 is 19.5 Å². The Morgan fingerprint density at radius 2 is 2.06 bits per heavy atom. The third-order valence-electron chi connectivity index (χ3n) is 6.51. The van der Waals surface area contributed by atoms with Gasteiger partial charge in [-0.25, -0.2) is 4.98 Å². The van der Waals surface area contributed by atoms with E-state index in [0.717, 1.165) is 69.1 Å². The minimum Gasteiger partial charge on any atom is -0.489 e. The fourth-order valence-corrected chi connectivity index (χ4v) is 4.55. The fraction of sp³-hybridized carbons (Fsp3) is 0.538. The molecule has 0 bridgehead atoms. The Hall–Kier alpha value is -2.48. The van der Waals surface area contributed by atoms with Crippen molar-refractivity contribution in [2.24, 2.45) is 5.92 Å². The molecular weight excluding hydrogens is 418 g/mol. The molecule has 7 heteroatoms. The monoisotopic (exact) mass is 453 g/mol. The number of ether oxygens (including phenoxy) is 2. The highest BCUT2D eigenvalue weighted by Crippen LogP contribution is 2.22. The van der Waals surface area contributed by atoms with E-state index in [1.807, 2.05) is 24.4 Å². The minimum atomic E-state index is -0.300. The molecule has 7 nitrogen and oxygen atoms in total. The highest BCUT2D eigenvalue weighted by molar-refractivity contribution is 5.84. The summed E-state index contributed by atoms with van der Waals surface area (Å²) in [6.45, 7) is 6.51. The number of Topliss-reactive ketones (excluding diaryl/α,β-unsaturated/α-hetero) is 1. The number of anilines is 1. The number of carbonyl (C=O) groups excluding carboxylic acids is 1. The molecule has 2 aliphatic heterocycles. The zero-order valence-corrected chi connectivity index (χ0v) is 19.5. The van der Waals surface area contributed by atoms with Crippen LogP contribution in [0.1, 0.15) is 43.7 Å². The maximum Gasteiger partial charge on any atom is 0.152 e. The van der Waals surface area contributed by atoms with Crippen LogP contribution in [-0.4, -0.2) is 59.9 Å². The van der Waals surface area contributed by atoms with Crippen LogP contribution in [0.5, 0.6) is 5.75 Å². The molecule has 1 N–H and O–H groups in total. The van der Waals surface area contributed by atoms with Gasteiger partial charge in [-0.3, -0.25) is 4.79 Å². The second kappa shape index (κ2) is 11.6. The van der Waals surface area contributed by atoms with Crippen molar-refractivity contribution in [3.63, 3.8) is 0 Å². The first-order valence-electron chi connectivity index (χ1n) is 12.1. The van der Waals surface area contributed by atoms with Crippen molar-refractivity contribution in [1.29, 1.82) is 0 Å². The molecule has 33 heavy (non-hydrogen) atoms. The smallest absolute Gasteiger partial charge is 0.152 e. The summed E-state index contributed by atoms with van der Waals surface area (Å²) >= 11 is 0. The number of hydrogen-bond acceptors (Lipinski definition) is 7. The van der Waals surface area contributed by atoms with Gasteiger partial charge in [-0.05, 0) is 55.4 Å². The second-order valence-corrected chi connectivity index (χ2v) is 9.20. The molecule has 0 radical (unpaired) electrons. The number of ketones is 1. The molecule has 0 amide bonds. The molecule has 0 aliphatic carbocycles. The van der Waals surface area contributed by atoms with Crippen LogP contribution < -0.4 is 9.64 Å². The lowest BCUT2D eigenvalue weighted by molar-refractivity contribution is -0.143. The number of hydroxylamine groups is 2. The third kappa shape index (κ3) is 6.76. The number of rotatable bonds is 10. The molecule has 0 spiro atoms. The highest BCUT2D eigenvalue weighted by Gasteiger charge is 2.29. The second-order valence-electron chi connectivity index (χ2n) is 9.20. The summed E-state index contributed by atoms with van der Waals surface area (Å²) in [5.41, 5.74) is 2.24. The number of aromatic nitrogens is 1. The van der Waals surface area contributed by atoms with Crippen LogP contribution in [-0.2, 0) is 22.6 Å². The van der Waals surface area contributed by atoms with Gasteiger partial charge in [0, 0.05) is 37.8 Å². The molecule has 2 fully saturated rings. The van der Waals surface area contributed by atoms with Crippen molar-refractivity contribution in [2.75, 3.05) is 37.7 Å². The van der Waals surface area contributed by atoms with Gasteiger partial charge in [0.2, 0.25) is 0 Å². The number of morpholine rings is 1. The molecule has 0 saturated carbocycles. The SMILES string of the molecule is CC(CCC(=O)C1CCCN1O)Cc1cccc(OCc2ccc(N3CCOCC3)nc2)c1. The van der Waals surface area contributed by atoms with Crippen molar-refractivity contribution in [1.82, 2.24) is 10.0 Å². The number of hydrogen-bond donors (Lipinski definition) is 1. The maximum absolute atomic E-state index is 12.4. The van der Waals surface area contributed by atoms with E-state index in [2.05, 4.69) is 35.0 Å². The summed E-state index contributed by atoms with van der Waals surface area (Å²) in [5.74, 6) is 2.37. The largest absolute Gasteiger partial charge is 0.489 e. The van der Waals surface area contributed by atoms with Crippen molar-refractivity contribution >= 4 is 11.6 Å². The zero-order chi connectivity index (χ0) is 23.0. The number of benzene rings is 1. The lowest BCUT2D eigenvalue weighted by atomic mass is 9.94. The quantitative estimate of drug-likeness (QED) is 0.585. The van der Waals surface area contributed by atoms with Gasteiger partial charge in [-0.1, -0.05) is 25.1 Å². The predicted octanol–water partition coefficient (Wildman–Crippen LogP) is 3.88.